The molecule has 0 saturated heterocycles. The first-order chi connectivity index (χ1) is 11.2. The van der Waals surface area contributed by atoms with Crippen molar-refractivity contribution in [3.05, 3.63) is 30.2 Å². The highest BCUT2D eigenvalue weighted by Crippen LogP contribution is 2.05. The molecule has 0 spiro atoms. The number of hydrogen-bond acceptors (Lipinski definition) is 5. The first-order valence-electron chi connectivity index (χ1n) is 7.91. The van der Waals surface area contributed by atoms with Crippen molar-refractivity contribution >= 4 is 18.0 Å². The van der Waals surface area contributed by atoms with Crippen LogP contribution in [0.25, 0.3) is 6.08 Å². The number of nitrogens with zero attached hydrogens (tertiary/aromatic N) is 1. The highest BCUT2D eigenvalue weighted by Gasteiger charge is 2.13. The van der Waals surface area contributed by atoms with Gasteiger partial charge in [0.2, 0.25) is 5.91 Å². The van der Waals surface area contributed by atoms with Crippen LogP contribution in [0.1, 0.15) is 32.4 Å². The normalized spacial score (nSPS) is 10.9. The Bertz CT molecular complexity index is 481. The average molecular weight is 323 g/mol. The van der Waals surface area contributed by atoms with Crippen molar-refractivity contribution in [2.24, 2.45) is 0 Å². The van der Waals surface area contributed by atoms with E-state index in [9.17, 15) is 9.59 Å². The van der Waals surface area contributed by atoms with Crippen molar-refractivity contribution in [2.75, 3.05) is 32.9 Å². The second-order valence-corrected chi connectivity index (χ2v) is 4.78. The summed E-state index contributed by atoms with van der Waals surface area (Å²) in [4.78, 5) is 25.4. The van der Waals surface area contributed by atoms with E-state index in [0.29, 0.717) is 38.7 Å². The molecule has 0 aliphatic heterocycles. The quantitative estimate of drug-likeness (QED) is 0.355. The van der Waals surface area contributed by atoms with Crippen molar-refractivity contribution < 1.29 is 23.5 Å². The van der Waals surface area contributed by atoms with Crippen LogP contribution in [-0.2, 0) is 19.1 Å². The molecule has 0 aromatic carbocycles. The van der Waals surface area contributed by atoms with Crippen LogP contribution in [0.5, 0.6) is 0 Å². The standard InChI is InChI=1S/C17H25NO5/c1-3-21-13-6-11-18(12-10-17(20)22-4-2)16(19)9-8-15-7-5-14-23-15/h5,7-9,14H,3-4,6,10-13H2,1-2H3/b9-8+. The van der Waals surface area contributed by atoms with Gasteiger partial charge in [0.15, 0.2) is 0 Å². The van der Waals surface area contributed by atoms with Crippen LogP contribution in [0.4, 0.5) is 0 Å². The molecule has 1 rings (SSSR count). The van der Waals surface area contributed by atoms with Gasteiger partial charge < -0.3 is 18.8 Å². The number of rotatable bonds is 11. The molecule has 0 atom stereocenters. The van der Waals surface area contributed by atoms with Crippen LogP contribution in [0.15, 0.2) is 28.9 Å². The Hall–Kier alpha value is -2.08. The van der Waals surface area contributed by atoms with Crippen LogP contribution in [-0.4, -0.2) is 49.7 Å². The van der Waals surface area contributed by atoms with Gasteiger partial charge in [-0.15, -0.1) is 0 Å². The van der Waals surface area contributed by atoms with E-state index in [1.807, 2.05) is 6.92 Å². The number of carbonyl (C=O) groups excluding carboxylic acids is 2. The molecular formula is C17H25NO5. The Morgan fingerprint density at radius 1 is 1.26 bits per heavy atom. The lowest BCUT2D eigenvalue weighted by atomic mass is 10.3. The van der Waals surface area contributed by atoms with Crippen LogP contribution < -0.4 is 0 Å². The second kappa shape index (κ2) is 11.5. The van der Waals surface area contributed by atoms with Gasteiger partial charge in [0, 0.05) is 32.4 Å². The molecule has 6 nitrogen and oxygen atoms in total. The summed E-state index contributed by atoms with van der Waals surface area (Å²) < 4.78 is 15.3. The molecule has 6 heteroatoms. The Kier molecular flexibility index (Phi) is 9.47. The third kappa shape index (κ3) is 8.21. The SMILES string of the molecule is CCOCCCN(CCC(=O)OCC)C(=O)/C=C/c1ccco1. The van der Waals surface area contributed by atoms with E-state index >= 15 is 0 Å². The first kappa shape index (κ1) is 19.0. The molecule has 0 fully saturated rings. The summed E-state index contributed by atoms with van der Waals surface area (Å²) >= 11 is 0. The molecule has 0 aliphatic rings. The fourth-order valence-corrected chi connectivity index (χ4v) is 1.94. The minimum Gasteiger partial charge on any atom is -0.466 e. The maximum Gasteiger partial charge on any atom is 0.307 e. The Morgan fingerprint density at radius 2 is 2.09 bits per heavy atom. The molecule has 1 aromatic rings. The van der Waals surface area contributed by atoms with Gasteiger partial charge in [0.05, 0.1) is 19.3 Å². The molecule has 1 amide bonds. The van der Waals surface area contributed by atoms with E-state index in [-0.39, 0.29) is 18.3 Å². The molecule has 0 bridgehead atoms. The second-order valence-electron chi connectivity index (χ2n) is 4.78. The predicted molar refractivity (Wildman–Crippen MR) is 86.7 cm³/mol. The number of esters is 1. The zero-order chi connectivity index (χ0) is 16.9. The zero-order valence-corrected chi connectivity index (χ0v) is 13.8. The van der Waals surface area contributed by atoms with Crippen molar-refractivity contribution in [1.29, 1.82) is 0 Å². The van der Waals surface area contributed by atoms with Crippen LogP contribution in [0, 0.1) is 0 Å². The van der Waals surface area contributed by atoms with Gasteiger partial charge in [-0.2, -0.15) is 0 Å². The first-order valence-corrected chi connectivity index (χ1v) is 7.91. The average Bonchev–Trinajstić information content (AvgIpc) is 3.05. The van der Waals surface area contributed by atoms with E-state index in [1.165, 1.54) is 6.08 Å². The molecule has 0 unspecified atom stereocenters. The fraction of sp³-hybridized carbons (Fsp3) is 0.529. The maximum absolute atomic E-state index is 12.3. The lowest BCUT2D eigenvalue weighted by molar-refractivity contribution is -0.143. The van der Waals surface area contributed by atoms with Crippen LogP contribution >= 0.6 is 0 Å². The summed E-state index contributed by atoms with van der Waals surface area (Å²) in [6, 6.07) is 3.52. The van der Waals surface area contributed by atoms with Gasteiger partial charge in [0.1, 0.15) is 5.76 Å². The zero-order valence-electron chi connectivity index (χ0n) is 13.8. The fourth-order valence-electron chi connectivity index (χ4n) is 1.94. The Balaban J connectivity index is 2.53. The third-order valence-electron chi connectivity index (χ3n) is 3.06. The van der Waals surface area contributed by atoms with Crippen molar-refractivity contribution in [1.82, 2.24) is 4.90 Å². The molecule has 0 saturated carbocycles. The van der Waals surface area contributed by atoms with Gasteiger partial charge >= 0.3 is 5.97 Å². The van der Waals surface area contributed by atoms with Gasteiger partial charge in [0.25, 0.3) is 0 Å². The highest BCUT2D eigenvalue weighted by molar-refractivity contribution is 5.91. The smallest absolute Gasteiger partial charge is 0.307 e. The van der Waals surface area contributed by atoms with Gasteiger partial charge in [-0.1, -0.05) is 0 Å². The summed E-state index contributed by atoms with van der Waals surface area (Å²) in [5.41, 5.74) is 0. The molecule has 0 N–H and O–H groups in total. The lowest BCUT2D eigenvalue weighted by Crippen LogP contribution is -2.33. The summed E-state index contributed by atoms with van der Waals surface area (Å²) in [5.74, 6) is 0.144. The Morgan fingerprint density at radius 3 is 2.74 bits per heavy atom. The monoisotopic (exact) mass is 323 g/mol. The van der Waals surface area contributed by atoms with Crippen molar-refractivity contribution in [3.63, 3.8) is 0 Å². The van der Waals surface area contributed by atoms with E-state index < -0.39 is 0 Å². The maximum atomic E-state index is 12.3. The van der Waals surface area contributed by atoms with Crippen molar-refractivity contribution in [3.8, 4) is 0 Å². The van der Waals surface area contributed by atoms with E-state index in [0.717, 1.165) is 6.42 Å². The summed E-state index contributed by atoms with van der Waals surface area (Å²) in [6.07, 6.45) is 5.51. The highest BCUT2D eigenvalue weighted by atomic mass is 16.5. The number of ether oxygens (including phenoxy) is 2. The summed E-state index contributed by atoms with van der Waals surface area (Å²) in [5, 5.41) is 0. The van der Waals surface area contributed by atoms with Gasteiger partial charge in [-0.25, -0.2) is 0 Å². The molecule has 128 valence electrons. The predicted octanol–water partition coefficient (Wildman–Crippen LogP) is 2.50. The molecule has 23 heavy (non-hydrogen) atoms. The number of amides is 1. The molecule has 0 aliphatic carbocycles. The van der Waals surface area contributed by atoms with Gasteiger partial charge in [-0.05, 0) is 38.5 Å². The molecule has 1 heterocycles. The minimum atomic E-state index is -0.301. The third-order valence-corrected chi connectivity index (χ3v) is 3.06. The van der Waals surface area contributed by atoms with Crippen molar-refractivity contribution in [2.45, 2.75) is 26.7 Å². The molecule has 1 aromatic heterocycles. The number of furan rings is 1. The minimum absolute atomic E-state index is 0.165. The number of hydrogen-bond donors (Lipinski definition) is 0. The van der Waals surface area contributed by atoms with Gasteiger partial charge in [-0.3, -0.25) is 9.59 Å². The summed E-state index contributed by atoms with van der Waals surface area (Å²) in [6.45, 7) is 6.12. The van der Waals surface area contributed by atoms with E-state index in [2.05, 4.69) is 0 Å². The molecular weight excluding hydrogens is 298 g/mol. The lowest BCUT2D eigenvalue weighted by Gasteiger charge is -2.20. The Labute approximate surface area is 137 Å². The molecule has 0 radical (unpaired) electrons. The topological polar surface area (TPSA) is 69.0 Å². The largest absolute Gasteiger partial charge is 0.466 e. The van der Waals surface area contributed by atoms with E-state index in [1.54, 1.807) is 36.3 Å². The summed E-state index contributed by atoms with van der Waals surface area (Å²) in [7, 11) is 0. The van der Waals surface area contributed by atoms with E-state index in [4.69, 9.17) is 13.9 Å². The van der Waals surface area contributed by atoms with Crippen LogP contribution in [0.2, 0.25) is 0 Å². The number of carbonyl (C=O) groups is 2. The van der Waals surface area contributed by atoms with Crippen LogP contribution in [0.3, 0.4) is 0 Å².